The van der Waals surface area contributed by atoms with E-state index in [9.17, 15) is 0 Å². The van der Waals surface area contributed by atoms with Crippen molar-refractivity contribution in [3.8, 4) is 5.69 Å². The first kappa shape index (κ1) is 18.9. The van der Waals surface area contributed by atoms with Crippen LogP contribution >= 0.6 is 0 Å². The molecule has 1 fully saturated rings. The zero-order valence-electron chi connectivity index (χ0n) is 18.0. The third kappa shape index (κ3) is 3.10. The fourth-order valence-corrected chi connectivity index (χ4v) is 4.44. The predicted molar refractivity (Wildman–Crippen MR) is 119 cm³/mol. The number of piperazine rings is 1. The molecular weight excluding hydrogens is 374 g/mol. The molecule has 0 radical (unpaired) electrons. The molecule has 0 spiro atoms. The van der Waals surface area contributed by atoms with Gasteiger partial charge in [-0.1, -0.05) is 12.1 Å². The molecule has 0 amide bonds. The van der Waals surface area contributed by atoms with Gasteiger partial charge in [-0.05, 0) is 57.1 Å². The van der Waals surface area contributed by atoms with Gasteiger partial charge in [0, 0.05) is 37.9 Å². The van der Waals surface area contributed by atoms with Crippen LogP contribution in [0, 0.1) is 13.8 Å². The highest BCUT2D eigenvalue weighted by Gasteiger charge is 2.31. The van der Waals surface area contributed by atoms with E-state index in [1.54, 1.807) is 0 Å². The molecule has 7 heteroatoms. The van der Waals surface area contributed by atoms with Crippen molar-refractivity contribution in [2.75, 3.05) is 38.1 Å². The number of aromatic nitrogens is 4. The fourth-order valence-electron chi connectivity index (χ4n) is 4.44. The zero-order valence-corrected chi connectivity index (χ0v) is 18.0. The molecule has 154 valence electrons. The molecule has 2 aromatic heterocycles. The number of benzene rings is 1. The zero-order chi connectivity index (χ0) is 20.8. The number of hydrogen-bond donors (Lipinski definition) is 0. The summed E-state index contributed by atoms with van der Waals surface area (Å²) >= 11 is 0. The highest BCUT2D eigenvalue weighted by atomic mass is 15.4. The lowest BCUT2D eigenvalue weighted by molar-refractivity contribution is 0.310. The number of fused-ring (bicyclic) bond motifs is 3. The van der Waals surface area contributed by atoms with Crippen LogP contribution in [0.3, 0.4) is 0 Å². The molecule has 0 bridgehead atoms. The number of likely N-dealkylation sites (N-methyl/N-ethyl adjacent to an activating group) is 1. The summed E-state index contributed by atoms with van der Waals surface area (Å²) in [6.45, 7) is 10.3. The van der Waals surface area contributed by atoms with Crippen LogP contribution in [-0.4, -0.2) is 63.6 Å². The van der Waals surface area contributed by atoms with Crippen LogP contribution in [0.4, 0.5) is 5.95 Å². The van der Waals surface area contributed by atoms with Crippen molar-refractivity contribution < 1.29 is 0 Å². The van der Waals surface area contributed by atoms with Gasteiger partial charge in [-0.25, -0.2) is 0 Å². The maximum absolute atomic E-state index is 5.09. The lowest BCUT2D eigenvalue weighted by Gasteiger charge is -2.33. The Labute approximate surface area is 177 Å². The number of rotatable bonds is 2. The van der Waals surface area contributed by atoms with E-state index >= 15 is 0 Å². The lowest BCUT2D eigenvalue weighted by atomic mass is 9.97. The summed E-state index contributed by atoms with van der Waals surface area (Å²) in [5.74, 6) is 1.79. The molecule has 5 rings (SSSR count). The van der Waals surface area contributed by atoms with E-state index in [2.05, 4.69) is 69.5 Å². The highest BCUT2D eigenvalue weighted by Crippen LogP contribution is 2.35. The second-order valence-corrected chi connectivity index (χ2v) is 8.33. The maximum Gasteiger partial charge on any atom is 0.232 e. The van der Waals surface area contributed by atoms with Gasteiger partial charge >= 0.3 is 0 Å². The topological polar surface area (TPSA) is 62.4 Å². The average molecular weight is 402 g/mol. The van der Waals surface area contributed by atoms with Gasteiger partial charge < -0.3 is 9.80 Å². The Balaban J connectivity index is 1.74. The molecule has 4 heterocycles. The molecule has 3 aromatic rings. The molecule has 1 atom stereocenters. The summed E-state index contributed by atoms with van der Waals surface area (Å²) in [5, 5.41) is 9.24. The molecule has 2 aliphatic rings. The van der Waals surface area contributed by atoms with Crippen LogP contribution < -0.4 is 4.90 Å². The van der Waals surface area contributed by atoms with E-state index in [0.717, 1.165) is 60.6 Å². The minimum absolute atomic E-state index is 0.122. The fraction of sp³-hybridized carbons (Fsp3) is 0.391. The van der Waals surface area contributed by atoms with Crippen molar-refractivity contribution in [3.05, 3.63) is 64.7 Å². The molecule has 1 unspecified atom stereocenters. The second kappa shape index (κ2) is 7.32. The van der Waals surface area contributed by atoms with Gasteiger partial charge in [0.05, 0.1) is 17.1 Å². The van der Waals surface area contributed by atoms with Gasteiger partial charge in [-0.2, -0.15) is 0 Å². The molecular formula is C23H27N7. The molecule has 1 saturated heterocycles. The Morgan fingerprint density at radius 1 is 1.00 bits per heavy atom. The smallest absolute Gasteiger partial charge is 0.232 e. The second-order valence-electron chi connectivity index (χ2n) is 8.33. The van der Waals surface area contributed by atoms with Crippen molar-refractivity contribution in [2.24, 2.45) is 4.99 Å². The number of anilines is 1. The monoisotopic (exact) mass is 401 g/mol. The summed E-state index contributed by atoms with van der Waals surface area (Å²) in [6, 6.07) is 10.3. The maximum atomic E-state index is 5.09. The van der Waals surface area contributed by atoms with Crippen molar-refractivity contribution in [3.63, 3.8) is 0 Å². The van der Waals surface area contributed by atoms with Gasteiger partial charge in [-0.15, -0.1) is 10.2 Å². The summed E-state index contributed by atoms with van der Waals surface area (Å²) in [6.07, 6.45) is 1.83. The Morgan fingerprint density at radius 3 is 2.53 bits per heavy atom. The molecule has 30 heavy (non-hydrogen) atoms. The number of aryl methyl sites for hydroxylation is 2. The van der Waals surface area contributed by atoms with Crippen LogP contribution in [0.5, 0.6) is 0 Å². The van der Waals surface area contributed by atoms with E-state index < -0.39 is 0 Å². The summed E-state index contributed by atoms with van der Waals surface area (Å²) in [5.41, 5.74) is 6.41. The van der Waals surface area contributed by atoms with E-state index in [1.165, 1.54) is 11.1 Å². The number of aliphatic imine (C=N–C) groups is 1. The molecule has 0 saturated carbocycles. The summed E-state index contributed by atoms with van der Waals surface area (Å²) < 4.78 is 2.23. The quantitative estimate of drug-likeness (QED) is 0.661. The minimum Gasteiger partial charge on any atom is -0.338 e. The molecule has 0 N–H and O–H groups in total. The predicted octanol–water partition coefficient (Wildman–Crippen LogP) is 2.94. The third-order valence-electron chi connectivity index (χ3n) is 6.00. The number of pyridine rings is 1. The van der Waals surface area contributed by atoms with E-state index in [0.29, 0.717) is 0 Å². The van der Waals surface area contributed by atoms with Crippen molar-refractivity contribution in [1.29, 1.82) is 0 Å². The van der Waals surface area contributed by atoms with Gasteiger partial charge in [0.25, 0.3) is 0 Å². The first-order chi connectivity index (χ1) is 14.5. The molecule has 7 nitrogen and oxygen atoms in total. The van der Waals surface area contributed by atoms with E-state index in [1.807, 2.05) is 24.4 Å². The molecule has 1 aromatic carbocycles. The van der Waals surface area contributed by atoms with Gasteiger partial charge in [0.1, 0.15) is 6.04 Å². The van der Waals surface area contributed by atoms with E-state index in [4.69, 9.17) is 4.99 Å². The largest absolute Gasteiger partial charge is 0.338 e. The molecule has 2 aliphatic heterocycles. The van der Waals surface area contributed by atoms with Crippen LogP contribution in [0.2, 0.25) is 0 Å². The average Bonchev–Trinajstić information content (AvgIpc) is 3.13. The first-order valence-corrected chi connectivity index (χ1v) is 10.5. The Hall–Kier alpha value is -3.06. The van der Waals surface area contributed by atoms with Crippen molar-refractivity contribution >= 4 is 11.7 Å². The third-order valence-corrected chi connectivity index (χ3v) is 6.00. The van der Waals surface area contributed by atoms with Gasteiger partial charge in [0.2, 0.25) is 5.95 Å². The number of nitrogens with zero attached hydrogens (tertiary/aromatic N) is 7. The minimum atomic E-state index is -0.122. The Bertz CT molecular complexity index is 1110. The van der Waals surface area contributed by atoms with Crippen molar-refractivity contribution in [2.45, 2.75) is 26.8 Å². The van der Waals surface area contributed by atoms with Crippen LogP contribution in [0.15, 0.2) is 41.5 Å². The summed E-state index contributed by atoms with van der Waals surface area (Å²) in [7, 11) is 2.17. The normalized spacial score (nSPS) is 19.1. The Morgan fingerprint density at radius 2 is 1.80 bits per heavy atom. The first-order valence-electron chi connectivity index (χ1n) is 10.5. The standard InChI is InChI=1S/C23H27N7/c1-15-13-16(2)20-19(14-15)30-22(17(3)25-21(20)18-7-5-6-8-24-18)26-27-23(30)29-11-9-28(4)10-12-29/h5-8,13-14,17H,9-12H2,1-4H3. The SMILES string of the molecule is Cc1cc(C)c2c(c1)-n1c(nnc1N1CCN(C)CC1)C(C)N=C2c1ccccn1. The lowest BCUT2D eigenvalue weighted by Crippen LogP contribution is -2.45. The Kier molecular flexibility index (Phi) is 4.62. The van der Waals surface area contributed by atoms with Crippen LogP contribution in [-0.2, 0) is 0 Å². The van der Waals surface area contributed by atoms with Crippen LogP contribution in [0.25, 0.3) is 5.69 Å². The van der Waals surface area contributed by atoms with E-state index in [-0.39, 0.29) is 6.04 Å². The highest BCUT2D eigenvalue weighted by molar-refractivity contribution is 6.15. The van der Waals surface area contributed by atoms with Gasteiger partial charge in [0.15, 0.2) is 5.82 Å². The van der Waals surface area contributed by atoms with Crippen molar-refractivity contribution in [1.82, 2.24) is 24.6 Å². The van der Waals surface area contributed by atoms with Gasteiger partial charge in [-0.3, -0.25) is 14.5 Å². The molecule has 0 aliphatic carbocycles. The van der Waals surface area contributed by atoms with Crippen LogP contribution in [0.1, 0.15) is 41.2 Å². The summed E-state index contributed by atoms with van der Waals surface area (Å²) in [4.78, 5) is 14.4. The number of hydrogen-bond acceptors (Lipinski definition) is 6.